The summed E-state index contributed by atoms with van der Waals surface area (Å²) in [6.45, 7) is 3.21. The molecule has 0 radical (unpaired) electrons. The molecule has 0 bridgehead atoms. The maximum Gasteiger partial charge on any atom is 0.332 e. The number of pyridine rings is 1. The van der Waals surface area contributed by atoms with Crippen LogP contribution in [0, 0.1) is 23.2 Å². The minimum Gasteiger partial charge on any atom is -0.341 e. The van der Waals surface area contributed by atoms with Crippen molar-refractivity contribution in [3.63, 3.8) is 0 Å². The summed E-state index contributed by atoms with van der Waals surface area (Å²) in [5.41, 5.74) is 6.46. The molecule has 10 heteroatoms. The number of aryl methyl sites for hydroxylation is 1. The van der Waals surface area contributed by atoms with E-state index in [1.54, 1.807) is 24.7 Å². The monoisotopic (exact) mass is 482 g/mol. The topological polar surface area (TPSA) is 128 Å². The first-order valence-electron chi connectivity index (χ1n) is 11.8. The Morgan fingerprint density at radius 3 is 2.78 bits per heavy atom. The van der Waals surface area contributed by atoms with Gasteiger partial charge < -0.3 is 10.6 Å². The van der Waals surface area contributed by atoms with Crippen LogP contribution in [0.15, 0.2) is 40.1 Å². The smallest absolute Gasteiger partial charge is 0.332 e. The summed E-state index contributed by atoms with van der Waals surface area (Å²) >= 11 is 0. The fraction of sp³-hybridized carbons (Fsp3) is 0.346. The molecule has 182 valence electrons. The van der Waals surface area contributed by atoms with E-state index in [9.17, 15) is 14.9 Å². The van der Waals surface area contributed by atoms with E-state index in [4.69, 9.17) is 10.7 Å². The second-order valence-electron chi connectivity index (χ2n) is 8.96. The fourth-order valence-corrected chi connectivity index (χ4v) is 4.84. The second-order valence-corrected chi connectivity index (χ2v) is 8.96. The summed E-state index contributed by atoms with van der Waals surface area (Å²) in [4.78, 5) is 38.3. The molecule has 0 unspecified atom stereocenters. The van der Waals surface area contributed by atoms with Gasteiger partial charge in [-0.1, -0.05) is 30.2 Å². The Morgan fingerprint density at radius 1 is 1.22 bits per heavy atom. The molecule has 1 fully saturated rings. The van der Waals surface area contributed by atoms with Crippen LogP contribution in [-0.4, -0.2) is 42.8 Å². The maximum atomic E-state index is 13.8. The van der Waals surface area contributed by atoms with E-state index in [-0.39, 0.29) is 24.6 Å². The van der Waals surface area contributed by atoms with E-state index in [0.717, 1.165) is 34.7 Å². The van der Waals surface area contributed by atoms with Crippen LogP contribution in [-0.2, 0) is 20.1 Å². The quantitative estimate of drug-likeness (QED) is 0.435. The van der Waals surface area contributed by atoms with Gasteiger partial charge in [-0.25, -0.2) is 4.79 Å². The Morgan fingerprint density at radius 2 is 2.03 bits per heavy atom. The summed E-state index contributed by atoms with van der Waals surface area (Å²) in [6, 6.07) is 9.61. The van der Waals surface area contributed by atoms with Gasteiger partial charge in [0.2, 0.25) is 5.95 Å². The molecule has 0 amide bonds. The number of fused-ring (bicyclic) bond motifs is 2. The number of rotatable bonds is 4. The van der Waals surface area contributed by atoms with Crippen LogP contribution in [0.2, 0.25) is 0 Å². The number of imidazole rings is 1. The molecule has 4 aromatic rings. The van der Waals surface area contributed by atoms with Gasteiger partial charge in [0, 0.05) is 43.1 Å². The lowest BCUT2D eigenvalue weighted by molar-refractivity contribution is 0.496. The molecule has 1 aliphatic rings. The highest BCUT2D eigenvalue weighted by Crippen LogP contribution is 2.23. The number of nitriles is 1. The van der Waals surface area contributed by atoms with E-state index in [0.29, 0.717) is 29.4 Å². The van der Waals surface area contributed by atoms with Crippen molar-refractivity contribution in [2.45, 2.75) is 38.9 Å². The largest absolute Gasteiger partial charge is 0.341 e. The molecule has 1 atom stereocenters. The van der Waals surface area contributed by atoms with Crippen molar-refractivity contribution in [2.75, 3.05) is 18.0 Å². The van der Waals surface area contributed by atoms with Gasteiger partial charge in [0.05, 0.1) is 24.3 Å². The third-order valence-electron chi connectivity index (χ3n) is 6.66. The lowest BCUT2D eigenvalue weighted by Gasteiger charge is -2.31. The normalized spacial score (nSPS) is 15.6. The number of nitrogens with two attached hydrogens (primary N) is 1. The second kappa shape index (κ2) is 9.33. The van der Waals surface area contributed by atoms with Gasteiger partial charge in [0.1, 0.15) is 6.07 Å². The Labute approximate surface area is 207 Å². The SMILES string of the molecule is CC#CCn1c(N2CCC[C@@H](N)C2)nc2c1c(=O)n(Cc1ncc3ccccc3c1C#N)c(=O)n2C. The molecule has 0 saturated carbocycles. The Kier molecular flexibility index (Phi) is 6.05. The van der Waals surface area contributed by atoms with Crippen LogP contribution in [0.25, 0.3) is 21.9 Å². The zero-order valence-corrected chi connectivity index (χ0v) is 20.2. The number of hydrogen-bond donors (Lipinski definition) is 1. The third kappa shape index (κ3) is 3.82. The Bertz CT molecular complexity index is 1710. The van der Waals surface area contributed by atoms with Gasteiger partial charge in [0.25, 0.3) is 5.56 Å². The predicted octanol–water partition coefficient (Wildman–Crippen LogP) is 1.32. The van der Waals surface area contributed by atoms with Crippen LogP contribution in [0.3, 0.4) is 0 Å². The highest BCUT2D eigenvalue weighted by Gasteiger charge is 2.26. The fourth-order valence-electron chi connectivity index (χ4n) is 4.84. The Balaban J connectivity index is 1.72. The van der Waals surface area contributed by atoms with Crippen molar-refractivity contribution in [1.82, 2.24) is 23.7 Å². The van der Waals surface area contributed by atoms with E-state index in [1.165, 1.54) is 4.57 Å². The molecule has 0 aliphatic carbocycles. The first kappa shape index (κ1) is 23.3. The van der Waals surface area contributed by atoms with Crippen molar-refractivity contribution in [3.8, 4) is 17.9 Å². The molecule has 5 rings (SSSR count). The van der Waals surface area contributed by atoms with Gasteiger partial charge in [0.15, 0.2) is 11.2 Å². The van der Waals surface area contributed by atoms with E-state index >= 15 is 0 Å². The molecule has 2 N–H and O–H groups in total. The summed E-state index contributed by atoms with van der Waals surface area (Å²) in [6.07, 6.45) is 3.49. The zero-order chi connectivity index (χ0) is 25.4. The van der Waals surface area contributed by atoms with Crippen molar-refractivity contribution < 1.29 is 0 Å². The molecule has 3 aromatic heterocycles. The average Bonchev–Trinajstić information content (AvgIpc) is 3.28. The van der Waals surface area contributed by atoms with Crippen LogP contribution < -0.4 is 21.9 Å². The van der Waals surface area contributed by atoms with Gasteiger partial charge in [-0.2, -0.15) is 10.2 Å². The van der Waals surface area contributed by atoms with Crippen LogP contribution in [0.5, 0.6) is 0 Å². The van der Waals surface area contributed by atoms with E-state index in [1.807, 2.05) is 24.3 Å². The number of benzene rings is 1. The summed E-state index contributed by atoms with van der Waals surface area (Å²) in [7, 11) is 1.59. The van der Waals surface area contributed by atoms with Crippen LogP contribution in [0.4, 0.5) is 5.95 Å². The Hall–Kier alpha value is -4.41. The van der Waals surface area contributed by atoms with Crippen molar-refractivity contribution >= 4 is 27.9 Å². The molecule has 0 spiro atoms. The molecule has 4 heterocycles. The highest BCUT2D eigenvalue weighted by atomic mass is 16.2. The summed E-state index contributed by atoms with van der Waals surface area (Å²) in [5.74, 6) is 6.48. The van der Waals surface area contributed by atoms with Crippen LogP contribution >= 0.6 is 0 Å². The number of anilines is 1. The summed E-state index contributed by atoms with van der Waals surface area (Å²) in [5, 5.41) is 11.4. The van der Waals surface area contributed by atoms with Gasteiger partial charge in [-0.15, -0.1) is 5.92 Å². The third-order valence-corrected chi connectivity index (χ3v) is 6.66. The first-order chi connectivity index (χ1) is 17.4. The lowest BCUT2D eigenvalue weighted by atomic mass is 10.1. The highest BCUT2D eigenvalue weighted by molar-refractivity contribution is 5.87. The molecular formula is C26H26N8O2. The molecule has 10 nitrogen and oxygen atoms in total. The number of nitrogens with zero attached hydrogens (tertiary/aromatic N) is 7. The van der Waals surface area contributed by atoms with Crippen LogP contribution in [0.1, 0.15) is 31.0 Å². The molecular weight excluding hydrogens is 456 g/mol. The van der Waals surface area contributed by atoms with Crippen molar-refractivity contribution in [1.29, 1.82) is 5.26 Å². The predicted molar refractivity (Wildman–Crippen MR) is 138 cm³/mol. The molecule has 1 aliphatic heterocycles. The minimum absolute atomic E-state index is 0.00753. The number of aromatic nitrogens is 5. The zero-order valence-electron chi connectivity index (χ0n) is 20.2. The summed E-state index contributed by atoms with van der Waals surface area (Å²) < 4.78 is 4.25. The number of piperidine rings is 1. The van der Waals surface area contributed by atoms with Crippen molar-refractivity contribution in [2.24, 2.45) is 12.8 Å². The lowest BCUT2D eigenvalue weighted by Crippen LogP contribution is -2.44. The molecule has 1 saturated heterocycles. The van der Waals surface area contributed by atoms with E-state index in [2.05, 4.69) is 27.8 Å². The van der Waals surface area contributed by atoms with Gasteiger partial charge in [-0.05, 0) is 19.8 Å². The van der Waals surface area contributed by atoms with Gasteiger partial charge >= 0.3 is 5.69 Å². The standard InChI is InChI=1S/C26H26N8O2/c1-3-4-12-33-22-23(30-25(33)32-11-7-9-18(28)15-32)31(2)26(36)34(24(22)35)16-21-20(13-27)19-10-6-5-8-17(19)14-29-21/h5-6,8,10,14,18H,7,9,11-12,15-16,28H2,1-2H3/t18-/m1/s1. The number of hydrogen-bond acceptors (Lipinski definition) is 7. The average molecular weight is 483 g/mol. The first-order valence-corrected chi connectivity index (χ1v) is 11.8. The molecule has 36 heavy (non-hydrogen) atoms. The van der Waals surface area contributed by atoms with E-state index < -0.39 is 11.2 Å². The van der Waals surface area contributed by atoms with Crippen molar-refractivity contribution in [3.05, 3.63) is 62.6 Å². The minimum atomic E-state index is -0.528. The van der Waals surface area contributed by atoms with Gasteiger partial charge in [-0.3, -0.25) is 23.5 Å². The molecule has 1 aromatic carbocycles. The maximum absolute atomic E-state index is 13.8.